The molecule has 116 valence electrons. The van der Waals surface area contributed by atoms with Crippen LogP contribution in [-0.2, 0) is 4.74 Å². The molecule has 0 aromatic heterocycles. The molecule has 2 unspecified atom stereocenters. The molecule has 2 atom stereocenters. The number of hydrogen-bond acceptors (Lipinski definition) is 3. The Morgan fingerprint density at radius 3 is 2.90 bits per heavy atom. The molecule has 2 nitrogen and oxygen atoms in total. The number of thioether (sulfide) groups is 1. The summed E-state index contributed by atoms with van der Waals surface area (Å²) >= 11 is 8.20. The van der Waals surface area contributed by atoms with E-state index in [9.17, 15) is 0 Å². The zero-order chi connectivity index (χ0) is 14.9. The molecule has 0 bridgehead atoms. The third kappa shape index (κ3) is 3.42. The van der Waals surface area contributed by atoms with Gasteiger partial charge in [0, 0.05) is 17.7 Å². The van der Waals surface area contributed by atoms with E-state index < -0.39 is 0 Å². The van der Waals surface area contributed by atoms with Gasteiger partial charge in [0.1, 0.15) is 0 Å². The van der Waals surface area contributed by atoms with E-state index in [1.807, 2.05) is 23.9 Å². The minimum atomic E-state index is 0.0686. The van der Waals surface area contributed by atoms with E-state index in [4.69, 9.17) is 22.1 Å². The third-order valence-electron chi connectivity index (χ3n) is 5.04. The molecule has 21 heavy (non-hydrogen) atoms. The van der Waals surface area contributed by atoms with Crippen LogP contribution < -0.4 is 5.73 Å². The molecule has 4 heteroatoms. The van der Waals surface area contributed by atoms with E-state index in [1.54, 1.807) is 0 Å². The monoisotopic (exact) mass is 325 g/mol. The van der Waals surface area contributed by atoms with Gasteiger partial charge < -0.3 is 10.5 Å². The van der Waals surface area contributed by atoms with Gasteiger partial charge >= 0.3 is 0 Å². The Labute approximate surface area is 136 Å². The van der Waals surface area contributed by atoms with Crippen molar-refractivity contribution in [3.8, 4) is 0 Å². The molecule has 1 spiro atoms. The normalized spacial score (nSPS) is 26.7. The minimum Gasteiger partial charge on any atom is -0.375 e. The van der Waals surface area contributed by atoms with Gasteiger partial charge in [-0.15, -0.1) is 0 Å². The average Bonchev–Trinajstić information content (AvgIpc) is 2.50. The van der Waals surface area contributed by atoms with E-state index in [0.29, 0.717) is 5.92 Å². The number of benzene rings is 1. The quantitative estimate of drug-likeness (QED) is 0.878. The van der Waals surface area contributed by atoms with Crippen molar-refractivity contribution < 1.29 is 4.74 Å². The lowest BCUT2D eigenvalue weighted by Gasteiger charge is -2.45. The Kier molecular flexibility index (Phi) is 4.84. The number of ether oxygens (including phenoxy) is 1. The molecule has 1 aromatic rings. The third-order valence-corrected chi connectivity index (χ3v) is 6.26. The second kappa shape index (κ2) is 6.49. The van der Waals surface area contributed by atoms with Gasteiger partial charge in [0.2, 0.25) is 0 Å². The maximum absolute atomic E-state index is 6.61. The highest BCUT2D eigenvalue weighted by Crippen LogP contribution is 2.43. The molecule has 3 rings (SSSR count). The van der Waals surface area contributed by atoms with Crippen molar-refractivity contribution in [2.24, 2.45) is 11.7 Å². The van der Waals surface area contributed by atoms with Crippen molar-refractivity contribution in [2.45, 2.75) is 44.2 Å². The SMILES string of the molecule is Cc1ccc(Cl)cc1C(N)C1CCOC2(CCSCC2)C1. The first-order valence-corrected chi connectivity index (χ1v) is 9.36. The van der Waals surface area contributed by atoms with E-state index in [-0.39, 0.29) is 11.6 Å². The molecule has 0 amide bonds. The Hall–Kier alpha value is -0.220. The van der Waals surface area contributed by atoms with Crippen LogP contribution >= 0.6 is 23.4 Å². The topological polar surface area (TPSA) is 35.2 Å². The largest absolute Gasteiger partial charge is 0.375 e. The number of aryl methyl sites for hydroxylation is 1. The summed E-state index contributed by atoms with van der Waals surface area (Å²) in [7, 11) is 0. The fourth-order valence-electron chi connectivity index (χ4n) is 3.69. The van der Waals surface area contributed by atoms with Gasteiger partial charge in [-0.05, 0) is 73.3 Å². The highest BCUT2D eigenvalue weighted by atomic mass is 35.5. The number of halogens is 1. The van der Waals surface area contributed by atoms with Crippen LogP contribution in [0.1, 0.15) is 42.9 Å². The molecule has 2 fully saturated rings. The summed E-state index contributed by atoms with van der Waals surface area (Å²) in [6.45, 7) is 2.97. The van der Waals surface area contributed by atoms with E-state index in [1.165, 1.54) is 35.5 Å². The molecule has 0 aliphatic carbocycles. The first-order chi connectivity index (χ1) is 10.1. The van der Waals surface area contributed by atoms with Crippen molar-refractivity contribution in [3.05, 3.63) is 34.3 Å². The zero-order valence-electron chi connectivity index (χ0n) is 12.6. The van der Waals surface area contributed by atoms with Gasteiger partial charge in [-0.2, -0.15) is 11.8 Å². The predicted octanol–water partition coefficient (Wildman–Crippen LogP) is 4.34. The lowest BCUT2D eigenvalue weighted by Crippen LogP contribution is -2.45. The molecule has 2 aliphatic heterocycles. The molecule has 0 saturated carbocycles. The number of rotatable bonds is 2. The maximum atomic E-state index is 6.61. The summed E-state index contributed by atoms with van der Waals surface area (Å²) in [5, 5.41) is 0.780. The number of nitrogens with two attached hydrogens (primary N) is 1. The Morgan fingerprint density at radius 1 is 1.38 bits per heavy atom. The van der Waals surface area contributed by atoms with Crippen LogP contribution in [0.4, 0.5) is 0 Å². The summed E-state index contributed by atoms with van der Waals surface area (Å²) in [5.74, 6) is 2.94. The van der Waals surface area contributed by atoms with Gasteiger partial charge in [-0.3, -0.25) is 0 Å². The first-order valence-electron chi connectivity index (χ1n) is 7.83. The summed E-state index contributed by atoms with van der Waals surface area (Å²) in [4.78, 5) is 0. The van der Waals surface area contributed by atoms with Crippen LogP contribution in [0.25, 0.3) is 0 Å². The summed E-state index contributed by atoms with van der Waals surface area (Å²) < 4.78 is 6.18. The second-order valence-corrected chi connectivity index (χ2v) is 8.08. The first kappa shape index (κ1) is 15.7. The highest BCUT2D eigenvalue weighted by molar-refractivity contribution is 7.99. The minimum absolute atomic E-state index is 0.0686. The van der Waals surface area contributed by atoms with E-state index >= 15 is 0 Å². The lowest BCUT2D eigenvalue weighted by atomic mass is 9.76. The Bertz CT molecular complexity index is 496. The molecule has 2 aliphatic rings. The fourth-order valence-corrected chi connectivity index (χ4v) is 5.11. The Morgan fingerprint density at radius 2 is 2.14 bits per heavy atom. The average molecular weight is 326 g/mol. The second-order valence-electron chi connectivity index (χ2n) is 6.42. The van der Waals surface area contributed by atoms with Crippen LogP contribution in [0.5, 0.6) is 0 Å². The summed E-state index contributed by atoms with van der Waals surface area (Å²) in [6, 6.07) is 6.13. The molecule has 0 radical (unpaired) electrons. The van der Waals surface area contributed by atoms with E-state index in [2.05, 4.69) is 13.0 Å². The van der Waals surface area contributed by atoms with Crippen LogP contribution in [0.15, 0.2) is 18.2 Å². The number of hydrogen-bond donors (Lipinski definition) is 1. The molecule has 2 heterocycles. The van der Waals surface area contributed by atoms with Crippen LogP contribution in [0, 0.1) is 12.8 Å². The predicted molar refractivity (Wildman–Crippen MR) is 91.1 cm³/mol. The highest BCUT2D eigenvalue weighted by Gasteiger charge is 2.40. The maximum Gasteiger partial charge on any atom is 0.0701 e. The van der Waals surface area contributed by atoms with Crippen molar-refractivity contribution in [2.75, 3.05) is 18.1 Å². The van der Waals surface area contributed by atoms with Crippen molar-refractivity contribution >= 4 is 23.4 Å². The molecule has 1 aromatic carbocycles. The standard InChI is InChI=1S/C17H24ClNOS/c1-12-2-3-14(18)10-15(12)16(19)13-4-7-20-17(11-13)5-8-21-9-6-17/h2-3,10,13,16H,4-9,11,19H2,1H3. The van der Waals surface area contributed by atoms with E-state index in [0.717, 1.165) is 24.5 Å². The molecule has 2 saturated heterocycles. The molecule has 2 N–H and O–H groups in total. The van der Waals surface area contributed by atoms with Gasteiger partial charge in [0.15, 0.2) is 0 Å². The van der Waals surface area contributed by atoms with Crippen LogP contribution in [0.2, 0.25) is 5.02 Å². The fraction of sp³-hybridized carbons (Fsp3) is 0.647. The lowest BCUT2D eigenvalue weighted by molar-refractivity contribution is -0.105. The van der Waals surface area contributed by atoms with Crippen molar-refractivity contribution in [3.63, 3.8) is 0 Å². The van der Waals surface area contributed by atoms with Gasteiger partial charge in [0.05, 0.1) is 5.60 Å². The summed E-state index contributed by atoms with van der Waals surface area (Å²) in [5.41, 5.74) is 9.15. The molecular formula is C17H24ClNOS. The summed E-state index contributed by atoms with van der Waals surface area (Å²) in [6.07, 6.45) is 4.51. The smallest absolute Gasteiger partial charge is 0.0701 e. The van der Waals surface area contributed by atoms with Crippen LogP contribution in [-0.4, -0.2) is 23.7 Å². The molecular weight excluding hydrogens is 302 g/mol. The van der Waals surface area contributed by atoms with Crippen LogP contribution in [0.3, 0.4) is 0 Å². The Balaban J connectivity index is 1.77. The van der Waals surface area contributed by atoms with Crippen molar-refractivity contribution in [1.82, 2.24) is 0 Å². The van der Waals surface area contributed by atoms with Gasteiger partial charge in [-0.25, -0.2) is 0 Å². The van der Waals surface area contributed by atoms with Gasteiger partial charge in [0.25, 0.3) is 0 Å². The van der Waals surface area contributed by atoms with Crippen molar-refractivity contribution in [1.29, 1.82) is 0 Å². The van der Waals surface area contributed by atoms with Gasteiger partial charge in [-0.1, -0.05) is 17.7 Å². The zero-order valence-corrected chi connectivity index (χ0v) is 14.2.